The maximum Gasteiger partial charge on any atom is -0.0357 e. The zero-order valence-electron chi connectivity index (χ0n) is 11.7. The van der Waals surface area contributed by atoms with Gasteiger partial charge >= 0.3 is 0 Å². The number of rotatable bonds is 2. The Kier molecular flexibility index (Phi) is 3.97. The molecular weight excluding hydrogens is 192 g/mol. The Morgan fingerprint density at radius 3 is 1.38 bits per heavy atom. The van der Waals surface area contributed by atoms with Gasteiger partial charge in [-0.15, -0.1) is 0 Å². The third-order valence-corrected chi connectivity index (χ3v) is 5.48. The SMILES string of the molecule is CC(C)C1CC2CCCCC2CC1C(C)C. The molecule has 0 aromatic rings. The fraction of sp³-hybridized carbons (Fsp3) is 1.00. The quantitative estimate of drug-likeness (QED) is 0.607. The number of fused-ring (bicyclic) bond motifs is 1. The van der Waals surface area contributed by atoms with Crippen LogP contribution in [0.2, 0.25) is 0 Å². The summed E-state index contributed by atoms with van der Waals surface area (Å²) in [5.41, 5.74) is 0. The summed E-state index contributed by atoms with van der Waals surface area (Å²) in [5.74, 6) is 6.01. The van der Waals surface area contributed by atoms with Gasteiger partial charge in [0.05, 0.1) is 0 Å². The van der Waals surface area contributed by atoms with E-state index in [0.717, 1.165) is 35.5 Å². The molecule has 0 aromatic carbocycles. The average molecular weight is 222 g/mol. The van der Waals surface area contributed by atoms with Crippen LogP contribution in [0.15, 0.2) is 0 Å². The maximum atomic E-state index is 2.45. The normalized spacial score (nSPS) is 40.1. The first-order chi connectivity index (χ1) is 7.59. The van der Waals surface area contributed by atoms with Crippen molar-refractivity contribution < 1.29 is 0 Å². The molecule has 0 bridgehead atoms. The molecule has 0 heteroatoms. The van der Waals surface area contributed by atoms with Crippen LogP contribution < -0.4 is 0 Å². The van der Waals surface area contributed by atoms with Crippen molar-refractivity contribution in [2.75, 3.05) is 0 Å². The van der Waals surface area contributed by atoms with E-state index in [2.05, 4.69) is 27.7 Å². The first kappa shape index (κ1) is 12.5. The summed E-state index contributed by atoms with van der Waals surface area (Å²) in [6.07, 6.45) is 9.20. The van der Waals surface area contributed by atoms with E-state index in [1.807, 2.05) is 0 Å². The highest BCUT2D eigenvalue weighted by molar-refractivity contribution is 4.89. The molecule has 0 spiro atoms. The molecule has 4 unspecified atom stereocenters. The fourth-order valence-corrected chi connectivity index (χ4v) is 4.49. The summed E-state index contributed by atoms with van der Waals surface area (Å²) in [5, 5.41) is 0. The van der Waals surface area contributed by atoms with Crippen LogP contribution >= 0.6 is 0 Å². The van der Waals surface area contributed by atoms with Crippen molar-refractivity contribution in [3.8, 4) is 0 Å². The van der Waals surface area contributed by atoms with Crippen LogP contribution in [0.5, 0.6) is 0 Å². The Bertz CT molecular complexity index is 192. The van der Waals surface area contributed by atoms with Gasteiger partial charge in [-0.1, -0.05) is 53.4 Å². The van der Waals surface area contributed by atoms with Crippen LogP contribution in [0.1, 0.15) is 66.2 Å². The average Bonchev–Trinajstić information content (AvgIpc) is 2.27. The van der Waals surface area contributed by atoms with E-state index < -0.39 is 0 Å². The molecule has 0 nitrogen and oxygen atoms in total. The first-order valence-electron chi connectivity index (χ1n) is 7.59. The minimum atomic E-state index is 0.898. The summed E-state index contributed by atoms with van der Waals surface area (Å²) in [4.78, 5) is 0. The molecule has 2 aliphatic rings. The molecule has 0 saturated heterocycles. The summed E-state index contributed by atoms with van der Waals surface area (Å²) >= 11 is 0. The molecule has 2 fully saturated rings. The molecule has 0 heterocycles. The zero-order valence-corrected chi connectivity index (χ0v) is 11.7. The van der Waals surface area contributed by atoms with Gasteiger partial charge in [0.2, 0.25) is 0 Å². The zero-order chi connectivity index (χ0) is 11.7. The van der Waals surface area contributed by atoms with Crippen molar-refractivity contribution >= 4 is 0 Å². The second kappa shape index (κ2) is 5.10. The van der Waals surface area contributed by atoms with Gasteiger partial charge in [-0.2, -0.15) is 0 Å². The van der Waals surface area contributed by atoms with Crippen molar-refractivity contribution in [1.82, 2.24) is 0 Å². The lowest BCUT2D eigenvalue weighted by Crippen LogP contribution is -2.38. The van der Waals surface area contributed by atoms with Gasteiger partial charge in [-0.3, -0.25) is 0 Å². The molecular formula is C16H30. The van der Waals surface area contributed by atoms with E-state index in [1.165, 1.54) is 12.8 Å². The van der Waals surface area contributed by atoms with Crippen molar-refractivity contribution in [1.29, 1.82) is 0 Å². The van der Waals surface area contributed by atoms with Gasteiger partial charge in [-0.05, 0) is 48.3 Å². The topological polar surface area (TPSA) is 0 Å². The summed E-state index contributed by atoms with van der Waals surface area (Å²) in [6.45, 7) is 9.79. The lowest BCUT2D eigenvalue weighted by atomic mass is 9.59. The van der Waals surface area contributed by atoms with Gasteiger partial charge in [0.25, 0.3) is 0 Å². The van der Waals surface area contributed by atoms with E-state index in [9.17, 15) is 0 Å². The molecule has 4 atom stereocenters. The molecule has 16 heavy (non-hydrogen) atoms. The standard InChI is InChI=1S/C16H30/c1-11(2)15-9-13-7-5-6-8-14(13)10-16(15)12(3)4/h11-16H,5-10H2,1-4H3. The predicted octanol–water partition coefficient (Wildman–Crippen LogP) is 5.13. The van der Waals surface area contributed by atoms with Crippen molar-refractivity contribution in [3.63, 3.8) is 0 Å². The molecule has 2 aliphatic carbocycles. The Hall–Kier alpha value is 0. The van der Waals surface area contributed by atoms with Gasteiger partial charge in [0, 0.05) is 0 Å². The van der Waals surface area contributed by atoms with Crippen molar-refractivity contribution in [3.05, 3.63) is 0 Å². The van der Waals surface area contributed by atoms with Gasteiger partial charge < -0.3 is 0 Å². The van der Waals surface area contributed by atoms with Crippen molar-refractivity contribution in [2.24, 2.45) is 35.5 Å². The highest BCUT2D eigenvalue weighted by Gasteiger charge is 2.39. The molecule has 2 rings (SSSR count). The summed E-state index contributed by atoms with van der Waals surface area (Å²) < 4.78 is 0. The van der Waals surface area contributed by atoms with Gasteiger partial charge in [0.15, 0.2) is 0 Å². The Morgan fingerprint density at radius 2 is 1.06 bits per heavy atom. The molecule has 0 amide bonds. The third-order valence-electron chi connectivity index (χ3n) is 5.48. The Balaban J connectivity index is 2.07. The second-order valence-corrected chi connectivity index (χ2v) is 7.09. The van der Waals surface area contributed by atoms with E-state index in [1.54, 1.807) is 25.7 Å². The molecule has 0 N–H and O–H groups in total. The van der Waals surface area contributed by atoms with Gasteiger partial charge in [0.1, 0.15) is 0 Å². The predicted molar refractivity (Wildman–Crippen MR) is 71.3 cm³/mol. The smallest absolute Gasteiger partial charge is 0.0357 e. The van der Waals surface area contributed by atoms with Crippen LogP contribution in [-0.2, 0) is 0 Å². The van der Waals surface area contributed by atoms with Crippen LogP contribution in [-0.4, -0.2) is 0 Å². The lowest BCUT2D eigenvalue weighted by molar-refractivity contribution is 0.0317. The van der Waals surface area contributed by atoms with E-state index in [4.69, 9.17) is 0 Å². The monoisotopic (exact) mass is 222 g/mol. The van der Waals surface area contributed by atoms with Crippen molar-refractivity contribution in [2.45, 2.75) is 66.2 Å². The highest BCUT2D eigenvalue weighted by Crippen LogP contribution is 2.49. The second-order valence-electron chi connectivity index (χ2n) is 7.09. The molecule has 2 saturated carbocycles. The van der Waals surface area contributed by atoms with Crippen LogP contribution in [0, 0.1) is 35.5 Å². The molecule has 94 valence electrons. The summed E-state index contributed by atoms with van der Waals surface area (Å²) in [6, 6.07) is 0. The third kappa shape index (κ3) is 2.46. The lowest BCUT2D eigenvalue weighted by Gasteiger charge is -2.47. The fourth-order valence-electron chi connectivity index (χ4n) is 4.49. The minimum absolute atomic E-state index is 0.898. The maximum absolute atomic E-state index is 2.45. The minimum Gasteiger partial charge on any atom is -0.0625 e. The van der Waals surface area contributed by atoms with Crippen LogP contribution in [0.3, 0.4) is 0 Å². The van der Waals surface area contributed by atoms with E-state index >= 15 is 0 Å². The molecule has 0 radical (unpaired) electrons. The van der Waals surface area contributed by atoms with Crippen LogP contribution in [0.4, 0.5) is 0 Å². The number of hydrogen-bond acceptors (Lipinski definition) is 0. The summed E-state index contributed by atoms with van der Waals surface area (Å²) in [7, 11) is 0. The highest BCUT2D eigenvalue weighted by atomic mass is 14.4. The number of hydrogen-bond donors (Lipinski definition) is 0. The Morgan fingerprint density at radius 1 is 0.688 bits per heavy atom. The molecule has 0 aliphatic heterocycles. The van der Waals surface area contributed by atoms with E-state index in [-0.39, 0.29) is 0 Å². The van der Waals surface area contributed by atoms with Gasteiger partial charge in [-0.25, -0.2) is 0 Å². The van der Waals surface area contributed by atoms with E-state index in [0.29, 0.717) is 0 Å². The Labute approximate surface area is 102 Å². The first-order valence-corrected chi connectivity index (χ1v) is 7.59. The van der Waals surface area contributed by atoms with Crippen LogP contribution in [0.25, 0.3) is 0 Å². The largest absolute Gasteiger partial charge is 0.0625 e. The molecule has 0 aromatic heterocycles.